The van der Waals surface area contributed by atoms with E-state index in [0.29, 0.717) is 16.5 Å². The van der Waals surface area contributed by atoms with Gasteiger partial charge in [0.1, 0.15) is 5.75 Å². The molecule has 0 atom stereocenters. The Morgan fingerprint density at radius 3 is 2.55 bits per heavy atom. The third-order valence-electron chi connectivity index (χ3n) is 2.45. The molecule has 106 valence electrons. The zero-order valence-corrected chi connectivity index (χ0v) is 11.9. The summed E-state index contributed by atoms with van der Waals surface area (Å²) in [5.41, 5.74) is 5.95. The van der Waals surface area contributed by atoms with Crippen molar-refractivity contribution in [3.8, 4) is 17.2 Å². The molecule has 0 amide bonds. The third-order valence-corrected chi connectivity index (χ3v) is 2.69. The molecule has 0 fully saturated rings. The van der Waals surface area contributed by atoms with E-state index in [4.69, 9.17) is 26.8 Å². The predicted octanol–water partition coefficient (Wildman–Crippen LogP) is 4.64. The summed E-state index contributed by atoms with van der Waals surface area (Å²) in [5.74, 6) is 0.427. The molecule has 2 aromatic carbocycles. The Balaban J connectivity index is 2.31. The van der Waals surface area contributed by atoms with Gasteiger partial charge in [-0.05, 0) is 32.0 Å². The van der Waals surface area contributed by atoms with Gasteiger partial charge >= 0.3 is 0 Å². The van der Waals surface area contributed by atoms with Crippen LogP contribution in [0.1, 0.15) is 13.8 Å². The van der Waals surface area contributed by atoms with Crippen LogP contribution in [0.5, 0.6) is 17.2 Å². The van der Waals surface area contributed by atoms with E-state index in [1.807, 2.05) is 13.8 Å². The summed E-state index contributed by atoms with van der Waals surface area (Å²) in [6, 6.07) is 9.48. The van der Waals surface area contributed by atoms with E-state index < -0.39 is 5.82 Å². The Labute approximate surface area is 122 Å². The van der Waals surface area contributed by atoms with Crippen molar-refractivity contribution in [1.82, 2.24) is 0 Å². The second-order valence-corrected chi connectivity index (χ2v) is 4.98. The van der Waals surface area contributed by atoms with Crippen molar-refractivity contribution in [2.24, 2.45) is 0 Å². The summed E-state index contributed by atoms with van der Waals surface area (Å²) in [5, 5.41) is 0.543. The number of nitrogen functional groups attached to an aromatic ring is 1. The van der Waals surface area contributed by atoms with E-state index in [1.54, 1.807) is 24.3 Å². The molecule has 0 saturated carbocycles. The molecule has 2 N–H and O–H groups in total. The van der Waals surface area contributed by atoms with Gasteiger partial charge in [0.15, 0.2) is 17.3 Å². The number of anilines is 1. The molecule has 0 unspecified atom stereocenters. The van der Waals surface area contributed by atoms with Gasteiger partial charge in [-0.3, -0.25) is 0 Å². The van der Waals surface area contributed by atoms with Gasteiger partial charge in [0.05, 0.1) is 11.8 Å². The Morgan fingerprint density at radius 2 is 1.90 bits per heavy atom. The molecule has 0 aliphatic carbocycles. The fourth-order valence-electron chi connectivity index (χ4n) is 1.64. The number of ether oxygens (including phenoxy) is 2. The molecule has 0 radical (unpaired) electrons. The van der Waals surface area contributed by atoms with Crippen molar-refractivity contribution in [2.75, 3.05) is 5.73 Å². The SMILES string of the molecule is CC(C)Oc1cc(Oc2cccc(Cl)c2)c(N)cc1F. The summed E-state index contributed by atoms with van der Waals surface area (Å²) in [6.07, 6.45) is -0.146. The molecule has 0 saturated heterocycles. The van der Waals surface area contributed by atoms with Crippen LogP contribution in [0.3, 0.4) is 0 Å². The first kappa shape index (κ1) is 14.5. The van der Waals surface area contributed by atoms with Crippen molar-refractivity contribution < 1.29 is 13.9 Å². The van der Waals surface area contributed by atoms with Gasteiger partial charge in [0.2, 0.25) is 0 Å². The Bertz CT molecular complexity index is 617. The van der Waals surface area contributed by atoms with Gasteiger partial charge in [0, 0.05) is 17.2 Å². The first-order valence-corrected chi connectivity index (χ1v) is 6.52. The highest BCUT2D eigenvalue weighted by atomic mass is 35.5. The summed E-state index contributed by atoms with van der Waals surface area (Å²) < 4.78 is 24.7. The maximum absolute atomic E-state index is 13.7. The first-order chi connectivity index (χ1) is 9.45. The average Bonchev–Trinajstić information content (AvgIpc) is 2.34. The first-order valence-electron chi connectivity index (χ1n) is 6.15. The summed E-state index contributed by atoms with van der Waals surface area (Å²) in [7, 11) is 0. The smallest absolute Gasteiger partial charge is 0.167 e. The molecule has 0 spiro atoms. The summed E-state index contributed by atoms with van der Waals surface area (Å²) in [4.78, 5) is 0. The second kappa shape index (κ2) is 6.01. The number of hydrogen-bond donors (Lipinski definition) is 1. The van der Waals surface area contributed by atoms with Crippen molar-refractivity contribution in [2.45, 2.75) is 20.0 Å². The molecule has 2 rings (SSSR count). The maximum atomic E-state index is 13.7. The summed E-state index contributed by atoms with van der Waals surface area (Å²) >= 11 is 5.88. The van der Waals surface area contributed by atoms with E-state index >= 15 is 0 Å². The van der Waals surface area contributed by atoms with Crippen LogP contribution in [-0.4, -0.2) is 6.10 Å². The lowest BCUT2D eigenvalue weighted by molar-refractivity contribution is 0.230. The van der Waals surface area contributed by atoms with Gasteiger partial charge in [-0.2, -0.15) is 0 Å². The predicted molar refractivity (Wildman–Crippen MR) is 78.1 cm³/mol. The van der Waals surface area contributed by atoms with Crippen LogP contribution in [0.2, 0.25) is 5.02 Å². The van der Waals surface area contributed by atoms with Gasteiger partial charge in [-0.15, -0.1) is 0 Å². The van der Waals surface area contributed by atoms with E-state index in [2.05, 4.69) is 0 Å². The highest BCUT2D eigenvalue weighted by Crippen LogP contribution is 2.34. The van der Waals surface area contributed by atoms with Crippen LogP contribution < -0.4 is 15.2 Å². The molecule has 0 heterocycles. The van der Waals surface area contributed by atoms with Crippen LogP contribution in [0, 0.1) is 5.82 Å². The van der Waals surface area contributed by atoms with E-state index in [1.165, 1.54) is 12.1 Å². The minimum atomic E-state index is -0.519. The fraction of sp³-hybridized carbons (Fsp3) is 0.200. The van der Waals surface area contributed by atoms with Crippen molar-refractivity contribution in [3.63, 3.8) is 0 Å². The molecule has 0 aromatic heterocycles. The fourth-order valence-corrected chi connectivity index (χ4v) is 1.82. The Hall–Kier alpha value is -1.94. The molecule has 3 nitrogen and oxygen atoms in total. The highest BCUT2D eigenvalue weighted by molar-refractivity contribution is 6.30. The lowest BCUT2D eigenvalue weighted by Crippen LogP contribution is -2.07. The Kier molecular flexibility index (Phi) is 4.35. The zero-order valence-electron chi connectivity index (χ0n) is 11.2. The van der Waals surface area contributed by atoms with Gasteiger partial charge in [-0.25, -0.2) is 4.39 Å². The maximum Gasteiger partial charge on any atom is 0.167 e. The van der Waals surface area contributed by atoms with Crippen molar-refractivity contribution >= 4 is 17.3 Å². The molecule has 0 bridgehead atoms. The van der Waals surface area contributed by atoms with Crippen LogP contribution in [0.25, 0.3) is 0 Å². The van der Waals surface area contributed by atoms with Crippen LogP contribution >= 0.6 is 11.6 Å². The third kappa shape index (κ3) is 3.54. The number of hydrogen-bond acceptors (Lipinski definition) is 3. The Morgan fingerprint density at radius 1 is 1.15 bits per heavy atom. The number of halogens is 2. The van der Waals surface area contributed by atoms with Crippen LogP contribution in [0.4, 0.5) is 10.1 Å². The largest absolute Gasteiger partial charge is 0.488 e. The van der Waals surface area contributed by atoms with Gasteiger partial charge in [-0.1, -0.05) is 17.7 Å². The lowest BCUT2D eigenvalue weighted by Gasteiger charge is -2.14. The van der Waals surface area contributed by atoms with Crippen LogP contribution in [0.15, 0.2) is 36.4 Å². The molecule has 0 aliphatic heterocycles. The average molecular weight is 296 g/mol. The van der Waals surface area contributed by atoms with Gasteiger partial charge in [0.25, 0.3) is 0 Å². The second-order valence-electron chi connectivity index (χ2n) is 4.55. The molecule has 20 heavy (non-hydrogen) atoms. The number of rotatable bonds is 4. The van der Waals surface area contributed by atoms with Crippen molar-refractivity contribution in [1.29, 1.82) is 0 Å². The monoisotopic (exact) mass is 295 g/mol. The molecule has 2 aromatic rings. The van der Waals surface area contributed by atoms with Gasteiger partial charge < -0.3 is 15.2 Å². The minimum absolute atomic E-state index is 0.103. The zero-order chi connectivity index (χ0) is 14.7. The highest BCUT2D eigenvalue weighted by Gasteiger charge is 2.12. The van der Waals surface area contributed by atoms with E-state index in [-0.39, 0.29) is 17.5 Å². The minimum Gasteiger partial charge on any atom is -0.488 e. The molecular formula is C15H15ClFNO2. The topological polar surface area (TPSA) is 44.5 Å². The molecular weight excluding hydrogens is 281 g/mol. The van der Waals surface area contributed by atoms with Crippen molar-refractivity contribution in [3.05, 3.63) is 47.2 Å². The number of nitrogens with two attached hydrogens (primary N) is 1. The molecule has 0 aliphatic rings. The quantitative estimate of drug-likeness (QED) is 0.836. The van der Waals surface area contributed by atoms with E-state index in [9.17, 15) is 4.39 Å². The molecule has 5 heteroatoms. The summed E-state index contributed by atoms with van der Waals surface area (Å²) in [6.45, 7) is 3.63. The van der Waals surface area contributed by atoms with Crippen LogP contribution in [-0.2, 0) is 0 Å². The normalized spacial score (nSPS) is 10.7. The lowest BCUT2D eigenvalue weighted by atomic mass is 10.2. The van der Waals surface area contributed by atoms with E-state index in [0.717, 1.165) is 0 Å². The standard InChI is InChI=1S/C15H15ClFNO2/c1-9(2)19-14-8-15(13(18)7-12(14)17)20-11-5-3-4-10(16)6-11/h3-9H,18H2,1-2H3. The number of benzene rings is 2.